The Labute approximate surface area is 118 Å². The third kappa shape index (κ3) is 1.89. The van der Waals surface area contributed by atoms with Gasteiger partial charge in [0.2, 0.25) is 5.91 Å². The Morgan fingerprint density at radius 1 is 1.35 bits per heavy atom. The van der Waals surface area contributed by atoms with Crippen LogP contribution in [0.1, 0.15) is 35.7 Å². The van der Waals surface area contributed by atoms with E-state index in [0.717, 1.165) is 37.2 Å². The molecule has 5 heteroatoms. The molecular formula is C15H19N3O2. The number of rotatable bonds is 2. The lowest BCUT2D eigenvalue weighted by Gasteiger charge is -2.32. The van der Waals surface area contributed by atoms with E-state index in [0.29, 0.717) is 12.1 Å². The average molecular weight is 273 g/mol. The van der Waals surface area contributed by atoms with Gasteiger partial charge in [-0.15, -0.1) is 0 Å². The van der Waals surface area contributed by atoms with Crippen molar-refractivity contribution >= 4 is 17.5 Å². The lowest BCUT2D eigenvalue weighted by molar-refractivity contribution is -0.121. The van der Waals surface area contributed by atoms with Gasteiger partial charge in [-0.05, 0) is 56.6 Å². The van der Waals surface area contributed by atoms with Gasteiger partial charge in [0.1, 0.15) is 0 Å². The minimum Gasteiger partial charge on any atom is -0.352 e. The van der Waals surface area contributed by atoms with Crippen LogP contribution in [-0.4, -0.2) is 31.4 Å². The number of amides is 2. The molecule has 0 bridgehead atoms. The van der Waals surface area contributed by atoms with Crippen molar-refractivity contribution in [2.24, 2.45) is 0 Å². The maximum Gasteiger partial charge on any atom is 0.251 e. The maximum atomic E-state index is 12.4. The fraction of sp³-hybridized carbons (Fsp3) is 0.467. The molecule has 1 aromatic rings. The molecule has 0 unspecified atom stereocenters. The Hall–Kier alpha value is -1.88. The summed E-state index contributed by atoms with van der Waals surface area (Å²) < 4.78 is 0. The van der Waals surface area contributed by atoms with E-state index in [2.05, 4.69) is 16.0 Å². The normalized spacial score (nSPS) is 19.6. The van der Waals surface area contributed by atoms with Crippen molar-refractivity contribution in [1.29, 1.82) is 0 Å². The molecule has 3 N–H and O–H groups in total. The van der Waals surface area contributed by atoms with Gasteiger partial charge in [-0.25, -0.2) is 0 Å². The average Bonchev–Trinajstić information content (AvgIpc) is 2.72. The molecular weight excluding hydrogens is 254 g/mol. The second kappa shape index (κ2) is 4.90. The Kier molecular flexibility index (Phi) is 3.22. The van der Waals surface area contributed by atoms with E-state index in [9.17, 15) is 9.59 Å². The molecule has 0 aliphatic carbocycles. The first-order valence-electron chi connectivity index (χ1n) is 7.12. The highest BCUT2D eigenvalue weighted by molar-refractivity contribution is 6.07. The van der Waals surface area contributed by atoms with Gasteiger partial charge in [-0.2, -0.15) is 0 Å². The van der Waals surface area contributed by atoms with Gasteiger partial charge in [0.05, 0.1) is 5.41 Å². The van der Waals surface area contributed by atoms with Crippen molar-refractivity contribution in [2.45, 2.75) is 25.2 Å². The van der Waals surface area contributed by atoms with E-state index in [4.69, 9.17) is 0 Å². The molecule has 2 aliphatic rings. The fourth-order valence-electron chi connectivity index (χ4n) is 3.17. The van der Waals surface area contributed by atoms with E-state index in [1.165, 1.54) is 0 Å². The number of anilines is 1. The van der Waals surface area contributed by atoms with E-state index in [-0.39, 0.29) is 11.8 Å². The van der Waals surface area contributed by atoms with Crippen LogP contribution in [0.4, 0.5) is 5.69 Å². The summed E-state index contributed by atoms with van der Waals surface area (Å²) in [5.41, 5.74) is 2.00. The van der Waals surface area contributed by atoms with Gasteiger partial charge in [-0.1, -0.05) is 0 Å². The molecule has 3 rings (SSSR count). The molecule has 5 nitrogen and oxygen atoms in total. The lowest BCUT2D eigenvalue weighted by Crippen LogP contribution is -2.44. The first-order valence-corrected chi connectivity index (χ1v) is 7.12. The third-order valence-corrected chi connectivity index (χ3v) is 4.27. The lowest BCUT2D eigenvalue weighted by atomic mass is 9.74. The summed E-state index contributed by atoms with van der Waals surface area (Å²) in [5, 5.41) is 9.04. The van der Waals surface area contributed by atoms with Crippen LogP contribution >= 0.6 is 0 Å². The molecule has 0 radical (unpaired) electrons. The summed E-state index contributed by atoms with van der Waals surface area (Å²) in [4.78, 5) is 24.3. The Morgan fingerprint density at radius 2 is 2.10 bits per heavy atom. The van der Waals surface area contributed by atoms with E-state index in [1.54, 1.807) is 6.07 Å². The molecule has 1 saturated heterocycles. The van der Waals surface area contributed by atoms with Gasteiger partial charge in [0.15, 0.2) is 0 Å². The molecule has 2 amide bonds. The van der Waals surface area contributed by atoms with Crippen LogP contribution < -0.4 is 16.0 Å². The Morgan fingerprint density at radius 3 is 2.80 bits per heavy atom. The summed E-state index contributed by atoms with van der Waals surface area (Å²) in [6.07, 6.45) is 1.56. The monoisotopic (exact) mass is 273 g/mol. The quantitative estimate of drug-likeness (QED) is 0.753. The summed E-state index contributed by atoms with van der Waals surface area (Å²) >= 11 is 0. The number of nitrogens with one attached hydrogen (secondary N) is 3. The van der Waals surface area contributed by atoms with Crippen molar-refractivity contribution in [3.05, 3.63) is 29.3 Å². The predicted octanol–water partition coefficient (Wildman–Crippen LogP) is 1.01. The first-order chi connectivity index (χ1) is 9.67. The number of hydrogen-bond donors (Lipinski definition) is 3. The van der Waals surface area contributed by atoms with Crippen molar-refractivity contribution in [1.82, 2.24) is 10.6 Å². The summed E-state index contributed by atoms with van der Waals surface area (Å²) in [5.74, 6) is -0.0132. The number of fused-ring (bicyclic) bond motifs is 2. The van der Waals surface area contributed by atoms with Crippen LogP contribution in [0.2, 0.25) is 0 Å². The van der Waals surface area contributed by atoms with E-state index < -0.39 is 5.41 Å². The number of carbonyl (C=O) groups excluding carboxylic acids is 2. The SMILES string of the molecule is CCNC(=O)c1ccc2c(c1)C1(CCNCC1)C(=O)N2. The number of carbonyl (C=O) groups is 2. The topological polar surface area (TPSA) is 70.2 Å². The predicted molar refractivity (Wildman–Crippen MR) is 76.9 cm³/mol. The highest BCUT2D eigenvalue weighted by Crippen LogP contribution is 2.44. The summed E-state index contributed by atoms with van der Waals surface area (Å²) in [7, 11) is 0. The molecule has 1 aromatic carbocycles. The molecule has 20 heavy (non-hydrogen) atoms. The molecule has 0 atom stereocenters. The Balaban J connectivity index is 2.01. The molecule has 0 aromatic heterocycles. The third-order valence-electron chi connectivity index (χ3n) is 4.27. The van der Waals surface area contributed by atoms with Crippen LogP contribution in [-0.2, 0) is 10.2 Å². The highest BCUT2D eigenvalue weighted by Gasteiger charge is 2.47. The first kappa shape index (κ1) is 13.1. The van der Waals surface area contributed by atoms with Gasteiger partial charge < -0.3 is 16.0 Å². The molecule has 2 heterocycles. The van der Waals surface area contributed by atoms with Gasteiger partial charge in [-0.3, -0.25) is 9.59 Å². The zero-order chi connectivity index (χ0) is 14.2. The van der Waals surface area contributed by atoms with Gasteiger partial charge in [0, 0.05) is 17.8 Å². The molecule has 1 fully saturated rings. The van der Waals surface area contributed by atoms with Crippen LogP contribution in [0.25, 0.3) is 0 Å². The molecule has 1 spiro atoms. The molecule has 2 aliphatic heterocycles. The second-order valence-corrected chi connectivity index (χ2v) is 5.41. The number of benzene rings is 1. The number of piperidine rings is 1. The fourth-order valence-corrected chi connectivity index (χ4v) is 3.17. The van der Waals surface area contributed by atoms with Crippen molar-refractivity contribution < 1.29 is 9.59 Å². The largest absolute Gasteiger partial charge is 0.352 e. The minimum atomic E-state index is -0.455. The van der Waals surface area contributed by atoms with Crippen LogP contribution in [0.5, 0.6) is 0 Å². The number of hydrogen-bond acceptors (Lipinski definition) is 3. The summed E-state index contributed by atoms with van der Waals surface area (Å²) in [6.45, 7) is 4.16. The Bertz CT molecular complexity index is 562. The highest BCUT2D eigenvalue weighted by atomic mass is 16.2. The summed E-state index contributed by atoms with van der Waals surface area (Å²) in [6, 6.07) is 5.49. The smallest absolute Gasteiger partial charge is 0.251 e. The standard InChI is InChI=1S/C15H19N3O2/c1-2-17-13(19)10-3-4-12-11(9-10)15(14(20)18-12)5-7-16-8-6-15/h3-4,9,16H,2,5-8H2,1H3,(H,17,19)(H,18,20). The van der Waals surface area contributed by atoms with Crippen LogP contribution in [0, 0.1) is 0 Å². The van der Waals surface area contributed by atoms with Gasteiger partial charge in [0.25, 0.3) is 5.91 Å². The van der Waals surface area contributed by atoms with E-state index >= 15 is 0 Å². The zero-order valence-electron chi connectivity index (χ0n) is 11.6. The van der Waals surface area contributed by atoms with Crippen LogP contribution in [0.15, 0.2) is 18.2 Å². The molecule has 0 saturated carbocycles. The maximum absolute atomic E-state index is 12.4. The van der Waals surface area contributed by atoms with E-state index in [1.807, 2.05) is 19.1 Å². The van der Waals surface area contributed by atoms with Crippen molar-refractivity contribution in [3.63, 3.8) is 0 Å². The van der Waals surface area contributed by atoms with Crippen LogP contribution in [0.3, 0.4) is 0 Å². The van der Waals surface area contributed by atoms with Crippen molar-refractivity contribution in [3.8, 4) is 0 Å². The van der Waals surface area contributed by atoms with Crippen molar-refractivity contribution in [2.75, 3.05) is 25.0 Å². The minimum absolute atomic E-state index is 0.0713. The second-order valence-electron chi connectivity index (χ2n) is 5.41. The zero-order valence-corrected chi connectivity index (χ0v) is 11.6. The molecule has 106 valence electrons. The van der Waals surface area contributed by atoms with Gasteiger partial charge >= 0.3 is 0 Å².